The topological polar surface area (TPSA) is 34.1 Å². The largest absolute Gasteiger partial charge is 0.295 e. The van der Waals surface area contributed by atoms with E-state index in [1.807, 2.05) is 0 Å². The van der Waals surface area contributed by atoms with Crippen molar-refractivity contribution < 1.29 is 9.59 Å². The van der Waals surface area contributed by atoms with Crippen molar-refractivity contribution >= 4 is 44.8 Å². The number of carbonyl (C=O) groups excluding carboxylic acids is 2. The van der Waals surface area contributed by atoms with Gasteiger partial charge in [-0.25, -0.2) is 0 Å². The Bertz CT molecular complexity index is 497. The van der Waals surface area contributed by atoms with Gasteiger partial charge in [-0.15, -0.1) is 0 Å². The second kappa shape index (κ2) is 6.53. The van der Waals surface area contributed by atoms with Gasteiger partial charge in [0.1, 0.15) is 0 Å². The number of allylic oxidation sites excluding steroid dienone is 2. The van der Waals surface area contributed by atoms with Crippen molar-refractivity contribution in [3.8, 4) is 0 Å². The lowest BCUT2D eigenvalue weighted by atomic mass is 10.1. The van der Waals surface area contributed by atoms with Crippen LogP contribution in [0.1, 0.15) is 25.0 Å². The molecule has 0 saturated carbocycles. The van der Waals surface area contributed by atoms with Crippen molar-refractivity contribution in [2.75, 3.05) is 0 Å². The predicted molar refractivity (Wildman–Crippen MR) is 75.5 cm³/mol. The summed E-state index contributed by atoms with van der Waals surface area (Å²) in [5, 5.41) is 0.688. The van der Waals surface area contributed by atoms with Gasteiger partial charge in [-0.2, -0.15) is 0 Å². The zero-order valence-electron chi connectivity index (χ0n) is 10.0. The lowest BCUT2D eigenvalue weighted by Gasteiger charge is -2.03. The summed E-state index contributed by atoms with van der Waals surface area (Å²) in [7, 11) is 0. The van der Waals surface area contributed by atoms with E-state index in [2.05, 4.69) is 0 Å². The van der Waals surface area contributed by atoms with Crippen LogP contribution in [-0.2, 0) is 9.59 Å². The fraction of sp³-hybridized carbons (Fsp3) is 0.143. The number of carbonyl (C=O) groups is 2. The molecule has 0 aromatic heterocycles. The van der Waals surface area contributed by atoms with Crippen LogP contribution < -0.4 is 0 Å². The molecule has 0 bridgehead atoms. The molecule has 1 aromatic carbocycles. The molecule has 0 heterocycles. The van der Waals surface area contributed by atoms with Crippen molar-refractivity contribution in [3.63, 3.8) is 0 Å². The van der Waals surface area contributed by atoms with Gasteiger partial charge in [0.25, 0.3) is 0 Å². The van der Waals surface area contributed by atoms with Crippen LogP contribution in [0.4, 0.5) is 0 Å². The third kappa shape index (κ3) is 4.47. The van der Waals surface area contributed by atoms with Crippen molar-refractivity contribution in [3.05, 3.63) is 47.5 Å². The van der Waals surface area contributed by atoms with E-state index in [0.29, 0.717) is 21.2 Å². The maximum atomic E-state index is 10.9. The molecule has 0 radical (unpaired) electrons. The van der Waals surface area contributed by atoms with Gasteiger partial charge in [-0.1, -0.05) is 41.4 Å². The van der Waals surface area contributed by atoms with Crippen molar-refractivity contribution in [2.45, 2.75) is 13.8 Å². The monoisotopic (exact) mass is 282 g/mol. The van der Waals surface area contributed by atoms with E-state index in [4.69, 9.17) is 23.2 Å². The molecule has 1 aromatic rings. The highest BCUT2D eigenvalue weighted by molar-refractivity contribution is 6.51. The van der Waals surface area contributed by atoms with Crippen LogP contribution in [0.25, 0.3) is 10.1 Å². The summed E-state index contributed by atoms with van der Waals surface area (Å²) < 4.78 is 0. The summed E-state index contributed by atoms with van der Waals surface area (Å²) in [5.74, 6) is -0.258. The molecule has 94 valence electrons. The first-order valence-corrected chi connectivity index (χ1v) is 6.02. The van der Waals surface area contributed by atoms with Crippen LogP contribution in [0.15, 0.2) is 36.4 Å². The van der Waals surface area contributed by atoms with Crippen LogP contribution in [0.5, 0.6) is 0 Å². The molecular weight excluding hydrogens is 271 g/mol. The van der Waals surface area contributed by atoms with Crippen LogP contribution in [0, 0.1) is 0 Å². The molecule has 0 unspecified atom stereocenters. The molecule has 2 nitrogen and oxygen atoms in total. The lowest BCUT2D eigenvalue weighted by molar-refractivity contribution is -0.113. The van der Waals surface area contributed by atoms with Gasteiger partial charge in [-0.05, 0) is 31.0 Å². The summed E-state index contributed by atoms with van der Waals surface area (Å²) in [6.07, 6.45) is 2.67. The van der Waals surface area contributed by atoms with Gasteiger partial charge in [-0.3, -0.25) is 9.59 Å². The van der Waals surface area contributed by atoms with E-state index in [9.17, 15) is 9.59 Å². The average Bonchev–Trinajstić information content (AvgIpc) is 2.27. The van der Waals surface area contributed by atoms with Gasteiger partial charge in [0.2, 0.25) is 0 Å². The summed E-state index contributed by atoms with van der Waals surface area (Å²) in [4.78, 5) is 21.9. The van der Waals surface area contributed by atoms with E-state index >= 15 is 0 Å². The number of hydrogen-bond acceptors (Lipinski definition) is 2. The van der Waals surface area contributed by atoms with E-state index in [0.717, 1.165) is 0 Å². The van der Waals surface area contributed by atoms with Gasteiger partial charge in [0, 0.05) is 12.2 Å². The molecule has 1 rings (SSSR count). The number of halogens is 2. The second-order valence-corrected chi connectivity index (χ2v) is 4.60. The molecule has 0 saturated heterocycles. The van der Waals surface area contributed by atoms with E-state index in [1.54, 1.807) is 24.3 Å². The van der Waals surface area contributed by atoms with Crippen LogP contribution in [-0.4, -0.2) is 11.6 Å². The number of benzene rings is 1. The van der Waals surface area contributed by atoms with Crippen molar-refractivity contribution in [1.29, 1.82) is 0 Å². The predicted octanol–water partition coefficient (Wildman–Crippen LogP) is 4.02. The summed E-state index contributed by atoms with van der Waals surface area (Å²) in [5.41, 5.74) is 1.36. The zero-order chi connectivity index (χ0) is 13.7. The maximum Gasteiger partial charge on any atom is 0.154 e. The van der Waals surface area contributed by atoms with Gasteiger partial charge in [0.15, 0.2) is 11.6 Å². The first kappa shape index (κ1) is 14.7. The number of rotatable bonds is 4. The first-order chi connectivity index (χ1) is 8.40. The molecule has 0 N–H and O–H groups in total. The van der Waals surface area contributed by atoms with Gasteiger partial charge < -0.3 is 0 Å². The third-order valence-electron chi connectivity index (χ3n) is 2.07. The second-order valence-electron chi connectivity index (χ2n) is 3.79. The Balaban J connectivity index is 3.14. The highest BCUT2D eigenvalue weighted by Crippen LogP contribution is 2.25. The molecule has 0 aliphatic heterocycles. The number of ketones is 2. The first-order valence-electron chi connectivity index (χ1n) is 5.26. The molecule has 4 heteroatoms. The van der Waals surface area contributed by atoms with Crippen LogP contribution in [0.3, 0.4) is 0 Å². The van der Waals surface area contributed by atoms with Crippen LogP contribution >= 0.6 is 23.2 Å². The molecule has 0 aliphatic rings. The van der Waals surface area contributed by atoms with E-state index in [-0.39, 0.29) is 11.6 Å². The van der Waals surface area contributed by atoms with E-state index in [1.165, 1.54) is 26.0 Å². The fourth-order valence-corrected chi connectivity index (χ4v) is 1.88. The Morgan fingerprint density at radius 2 is 1.33 bits per heavy atom. The summed E-state index contributed by atoms with van der Waals surface area (Å²) >= 11 is 12.0. The Morgan fingerprint density at radius 3 is 1.67 bits per heavy atom. The molecule has 0 spiro atoms. The van der Waals surface area contributed by atoms with Crippen molar-refractivity contribution in [2.24, 2.45) is 0 Å². The number of hydrogen-bond donors (Lipinski definition) is 0. The molecule has 0 aliphatic carbocycles. The SMILES string of the molecule is CC(=O)/C=C(/Cl)c1cccc(/C(Cl)=C\C(C)=O)c1. The Hall–Kier alpha value is -1.38. The molecule has 0 atom stereocenters. The summed E-state index contributed by atoms with van der Waals surface area (Å²) in [6, 6.07) is 7.02. The maximum absolute atomic E-state index is 10.9. The Morgan fingerprint density at radius 1 is 0.944 bits per heavy atom. The Labute approximate surface area is 116 Å². The average molecular weight is 283 g/mol. The normalized spacial score (nSPS) is 12.4. The standard InChI is InChI=1S/C14H12Cl2O2/c1-9(17)6-13(15)11-4-3-5-12(8-11)14(16)7-10(2)18/h3-8H,1-2H3/b13-6+,14-7+. The molecular formula is C14H12Cl2O2. The minimum absolute atomic E-state index is 0.129. The fourth-order valence-electron chi connectivity index (χ4n) is 1.34. The van der Waals surface area contributed by atoms with Gasteiger partial charge in [0.05, 0.1) is 10.1 Å². The Kier molecular flexibility index (Phi) is 5.32. The molecule has 18 heavy (non-hydrogen) atoms. The smallest absolute Gasteiger partial charge is 0.154 e. The van der Waals surface area contributed by atoms with Crippen molar-refractivity contribution in [1.82, 2.24) is 0 Å². The van der Waals surface area contributed by atoms with Crippen LogP contribution in [0.2, 0.25) is 0 Å². The minimum atomic E-state index is -0.129. The zero-order valence-corrected chi connectivity index (χ0v) is 11.5. The summed E-state index contributed by atoms with van der Waals surface area (Å²) in [6.45, 7) is 2.85. The molecule has 0 amide bonds. The third-order valence-corrected chi connectivity index (χ3v) is 2.73. The molecule has 0 fully saturated rings. The minimum Gasteiger partial charge on any atom is -0.295 e. The lowest BCUT2D eigenvalue weighted by Crippen LogP contribution is -1.88. The highest BCUT2D eigenvalue weighted by atomic mass is 35.5. The quantitative estimate of drug-likeness (QED) is 0.782. The highest BCUT2D eigenvalue weighted by Gasteiger charge is 2.04. The van der Waals surface area contributed by atoms with E-state index < -0.39 is 0 Å². The van der Waals surface area contributed by atoms with Gasteiger partial charge >= 0.3 is 0 Å².